The number of nitrogens with zero attached hydrogens (tertiary/aromatic N) is 4. The van der Waals surface area contributed by atoms with Crippen LogP contribution in [0.5, 0.6) is 0 Å². The molecule has 1 aliphatic heterocycles. The second-order valence-electron chi connectivity index (χ2n) is 8.27. The average molecular weight is 418 g/mol. The Morgan fingerprint density at radius 1 is 1.13 bits per heavy atom. The third-order valence-corrected chi connectivity index (χ3v) is 5.79. The van der Waals surface area contributed by atoms with Crippen molar-refractivity contribution in [1.29, 1.82) is 0 Å². The van der Waals surface area contributed by atoms with Crippen LogP contribution < -0.4 is 0 Å². The van der Waals surface area contributed by atoms with Gasteiger partial charge in [-0.25, -0.2) is 0 Å². The Hall–Kier alpha value is -3.48. The van der Waals surface area contributed by atoms with E-state index >= 15 is 0 Å². The standard InChI is InChI=1S/C24H26N4O3/c1-27(2)23(30)24(16-20-15-21(26-31-20)18-7-4-3-5-8-18)11-6-14-28(17-24)22(29)19-9-12-25-13-10-19/h3-5,7-10,12-13,15H,6,11,14,16-17H2,1-2H3/t24-/m0/s1. The Morgan fingerprint density at radius 3 is 2.58 bits per heavy atom. The molecule has 3 aromatic rings. The molecule has 1 fully saturated rings. The highest BCUT2D eigenvalue weighted by molar-refractivity contribution is 5.95. The van der Waals surface area contributed by atoms with Crippen molar-refractivity contribution >= 4 is 11.8 Å². The lowest BCUT2D eigenvalue weighted by Crippen LogP contribution is -2.54. The van der Waals surface area contributed by atoms with Crippen LogP contribution in [0.3, 0.4) is 0 Å². The van der Waals surface area contributed by atoms with Gasteiger partial charge in [-0.2, -0.15) is 0 Å². The van der Waals surface area contributed by atoms with Crippen molar-refractivity contribution in [2.75, 3.05) is 27.2 Å². The molecule has 2 amide bonds. The van der Waals surface area contributed by atoms with Gasteiger partial charge in [-0.1, -0.05) is 35.5 Å². The SMILES string of the molecule is CN(C)C(=O)[C@]1(Cc2cc(-c3ccccc3)no2)CCCN(C(=O)c2ccncc2)C1. The molecule has 4 rings (SSSR count). The summed E-state index contributed by atoms with van der Waals surface area (Å²) in [4.78, 5) is 33.7. The van der Waals surface area contributed by atoms with Gasteiger partial charge >= 0.3 is 0 Å². The van der Waals surface area contributed by atoms with Gasteiger partial charge in [-0.3, -0.25) is 14.6 Å². The maximum Gasteiger partial charge on any atom is 0.253 e. The molecule has 7 heteroatoms. The van der Waals surface area contributed by atoms with Crippen LogP contribution in [0.4, 0.5) is 0 Å². The van der Waals surface area contributed by atoms with Crippen LogP contribution in [0.15, 0.2) is 65.4 Å². The highest BCUT2D eigenvalue weighted by atomic mass is 16.5. The van der Waals surface area contributed by atoms with Gasteiger partial charge in [-0.15, -0.1) is 0 Å². The van der Waals surface area contributed by atoms with Crippen LogP contribution >= 0.6 is 0 Å². The molecule has 3 heterocycles. The molecule has 31 heavy (non-hydrogen) atoms. The van der Waals surface area contributed by atoms with E-state index in [1.165, 1.54) is 0 Å². The van der Waals surface area contributed by atoms with Crippen molar-refractivity contribution in [3.63, 3.8) is 0 Å². The van der Waals surface area contributed by atoms with E-state index in [4.69, 9.17) is 4.52 Å². The number of carbonyl (C=O) groups excluding carboxylic acids is 2. The summed E-state index contributed by atoms with van der Waals surface area (Å²) in [7, 11) is 3.51. The number of hydrogen-bond donors (Lipinski definition) is 0. The zero-order valence-electron chi connectivity index (χ0n) is 17.8. The van der Waals surface area contributed by atoms with E-state index in [1.54, 1.807) is 48.4 Å². The topological polar surface area (TPSA) is 79.5 Å². The summed E-state index contributed by atoms with van der Waals surface area (Å²) in [6, 6.07) is 15.1. The highest BCUT2D eigenvalue weighted by Crippen LogP contribution is 2.37. The van der Waals surface area contributed by atoms with Gasteiger partial charge in [0, 0.05) is 63.2 Å². The molecule has 0 aliphatic carbocycles. The number of aromatic nitrogens is 2. The molecule has 0 N–H and O–H groups in total. The molecule has 0 bridgehead atoms. The maximum absolute atomic E-state index is 13.3. The summed E-state index contributed by atoms with van der Waals surface area (Å²) < 4.78 is 5.62. The molecule has 2 aromatic heterocycles. The van der Waals surface area contributed by atoms with E-state index in [2.05, 4.69) is 10.1 Å². The number of rotatable bonds is 5. The van der Waals surface area contributed by atoms with E-state index < -0.39 is 5.41 Å². The number of likely N-dealkylation sites (tertiary alicyclic amines) is 1. The quantitative estimate of drug-likeness (QED) is 0.635. The van der Waals surface area contributed by atoms with Gasteiger partial charge in [-0.05, 0) is 25.0 Å². The van der Waals surface area contributed by atoms with Crippen LogP contribution in [0.2, 0.25) is 0 Å². The van der Waals surface area contributed by atoms with Gasteiger partial charge in [0.2, 0.25) is 5.91 Å². The number of carbonyl (C=O) groups is 2. The van der Waals surface area contributed by atoms with E-state index in [0.717, 1.165) is 17.7 Å². The molecule has 0 radical (unpaired) electrons. The molecule has 1 aromatic carbocycles. The Morgan fingerprint density at radius 2 is 1.87 bits per heavy atom. The smallest absolute Gasteiger partial charge is 0.253 e. The predicted molar refractivity (Wildman–Crippen MR) is 116 cm³/mol. The van der Waals surface area contributed by atoms with Crippen molar-refractivity contribution in [3.05, 3.63) is 72.2 Å². The first-order valence-electron chi connectivity index (χ1n) is 10.4. The minimum Gasteiger partial charge on any atom is -0.361 e. The maximum atomic E-state index is 13.3. The second kappa shape index (κ2) is 8.71. The van der Waals surface area contributed by atoms with E-state index in [0.29, 0.717) is 37.3 Å². The van der Waals surface area contributed by atoms with Crippen LogP contribution in [0.1, 0.15) is 29.0 Å². The minimum absolute atomic E-state index is 0.00242. The highest BCUT2D eigenvalue weighted by Gasteiger charge is 2.45. The molecule has 1 aliphatic rings. The number of amides is 2. The van der Waals surface area contributed by atoms with Crippen LogP contribution in [-0.2, 0) is 11.2 Å². The van der Waals surface area contributed by atoms with Gasteiger partial charge in [0.15, 0.2) is 0 Å². The lowest BCUT2D eigenvalue weighted by molar-refractivity contribution is -0.142. The molecular weight excluding hydrogens is 392 g/mol. The van der Waals surface area contributed by atoms with Crippen molar-refractivity contribution in [3.8, 4) is 11.3 Å². The summed E-state index contributed by atoms with van der Waals surface area (Å²) in [6.07, 6.45) is 5.04. The van der Waals surface area contributed by atoms with Crippen LogP contribution in [0.25, 0.3) is 11.3 Å². The first kappa shape index (κ1) is 20.8. The third-order valence-electron chi connectivity index (χ3n) is 5.79. The van der Waals surface area contributed by atoms with Gasteiger partial charge in [0.25, 0.3) is 5.91 Å². The van der Waals surface area contributed by atoms with E-state index in [-0.39, 0.29) is 11.8 Å². The van der Waals surface area contributed by atoms with Crippen LogP contribution in [0, 0.1) is 5.41 Å². The Balaban J connectivity index is 1.61. The fourth-order valence-electron chi connectivity index (χ4n) is 4.33. The number of pyridine rings is 1. The summed E-state index contributed by atoms with van der Waals surface area (Å²) >= 11 is 0. The largest absolute Gasteiger partial charge is 0.361 e. The fraction of sp³-hybridized carbons (Fsp3) is 0.333. The first-order chi connectivity index (χ1) is 15.0. The van der Waals surface area contributed by atoms with Crippen LogP contribution in [-0.4, -0.2) is 58.9 Å². The molecule has 0 spiro atoms. The molecular formula is C24H26N4O3. The van der Waals surface area contributed by atoms with E-state index in [9.17, 15) is 9.59 Å². The molecule has 0 saturated carbocycles. The average Bonchev–Trinajstić information content (AvgIpc) is 3.27. The number of piperidine rings is 1. The first-order valence-corrected chi connectivity index (χ1v) is 10.4. The summed E-state index contributed by atoms with van der Waals surface area (Å²) in [5, 5.41) is 4.20. The van der Waals surface area contributed by atoms with Crippen molar-refractivity contribution in [2.45, 2.75) is 19.3 Å². The minimum atomic E-state index is -0.752. The zero-order valence-corrected chi connectivity index (χ0v) is 17.8. The summed E-state index contributed by atoms with van der Waals surface area (Å²) in [6.45, 7) is 0.960. The fourth-order valence-corrected chi connectivity index (χ4v) is 4.33. The van der Waals surface area contributed by atoms with E-state index in [1.807, 2.05) is 36.4 Å². The second-order valence-corrected chi connectivity index (χ2v) is 8.27. The number of hydrogen-bond acceptors (Lipinski definition) is 5. The Bertz CT molecular complexity index is 1050. The molecule has 1 atom stereocenters. The molecule has 160 valence electrons. The molecule has 1 saturated heterocycles. The Kier molecular flexibility index (Phi) is 5.84. The summed E-state index contributed by atoms with van der Waals surface area (Å²) in [5.41, 5.74) is 1.53. The zero-order chi connectivity index (χ0) is 21.8. The number of benzene rings is 1. The lowest BCUT2D eigenvalue weighted by atomic mass is 9.75. The normalized spacial score (nSPS) is 18.6. The lowest BCUT2D eigenvalue weighted by Gasteiger charge is -2.42. The predicted octanol–water partition coefficient (Wildman–Crippen LogP) is 3.29. The van der Waals surface area contributed by atoms with Crippen molar-refractivity contribution in [2.24, 2.45) is 5.41 Å². The third kappa shape index (κ3) is 4.35. The van der Waals surface area contributed by atoms with Crippen molar-refractivity contribution in [1.82, 2.24) is 19.9 Å². The van der Waals surface area contributed by atoms with Crippen molar-refractivity contribution < 1.29 is 14.1 Å². The van der Waals surface area contributed by atoms with Gasteiger partial charge < -0.3 is 14.3 Å². The van der Waals surface area contributed by atoms with Gasteiger partial charge in [0.1, 0.15) is 11.5 Å². The van der Waals surface area contributed by atoms with Gasteiger partial charge in [0.05, 0.1) is 5.41 Å². The molecule has 0 unspecified atom stereocenters. The monoisotopic (exact) mass is 418 g/mol. The summed E-state index contributed by atoms with van der Waals surface area (Å²) in [5.74, 6) is 0.560. The molecule has 7 nitrogen and oxygen atoms in total. The Labute approximate surface area is 181 Å².